The van der Waals surface area contributed by atoms with Crippen molar-refractivity contribution < 1.29 is 4.79 Å². The van der Waals surface area contributed by atoms with E-state index in [1.54, 1.807) is 46.9 Å². The van der Waals surface area contributed by atoms with Gasteiger partial charge in [-0.1, -0.05) is 56.3 Å². The van der Waals surface area contributed by atoms with Crippen LogP contribution in [0.2, 0.25) is 5.02 Å². The van der Waals surface area contributed by atoms with E-state index in [1.807, 2.05) is 0 Å². The third-order valence-corrected chi connectivity index (χ3v) is 5.70. The first kappa shape index (κ1) is 22.4. The van der Waals surface area contributed by atoms with Gasteiger partial charge in [0.2, 0.25) is 0 Å². The topological polar surface area (TPSA) is 84.7 Å². The van der Waals surface area contributed by atoms with Crippen LogP contribution in [0.5, 0.6) is 0 Å². The number of hydrogen-bond donors (Lipinski definition) is 2. The minimum Gasteiger partial charge on any atom is -0.369 e. The lowest BCUT2D eigenvalue weighted by atomic mass is 10.2. The first-order chi connectivity index (χ1) is 14.5. The number of amides is 1. The predicted octanol–water partition coefficient (Wildman–Crippen LogP) is 4.48. The molecule has 30 heavy (non-hydrogen) atoms. The fraction of sp³-hybridized carbons (Fsp3) is 0.429. The second-order valence-corrected chi connectivity index (χ2v) is 8.79. The lowest BCUT2D eigenvalue weighted by Gasteiger charge is -2.11. The minimum atomic E-state index is -0.204. The van der Waals surface area contributed by atoms with E-state index in [0.29, 0.717) is 29.6 Å². The molecule has 0 aliphatic rings. The molecule has 2 heterocycles. The first-order valence-corrected chi connectivity index (χ1v) is 11.5. The lowest BCUT2D eigenvalue weighted by Crippen LogP contribution is -2.27. The number of carbonyl (C=O) groups excluding carboxylic acids is 1. The number of hydrogen-bond acceptors (Lipinski definition) is 6. The lowest BCUT2D eigenvalue weighted by molar-refractivity contribution is 0.0952. The average Bonchev–Trinajstić information content (AvgIpc) is 3.13. The Morgan fingerprint density at radius 3 is 2.80 bits per heavy atom. The van der Waals surface area contributed by atoms with E-state index >= 15 is 0 Å². The molecule has 0 bridgehead atoms. The van der Waals surface area contributed by atoms with Gasteiger partial charge in [0.25, 0.3) is 5.91 Å². The number of nitrogens with zero attached hydrogens (tertiary/aromatic N) is 4. The molecule has 2 aromatic heterocycles. The van der Waals surface area contributed by atoms with Gasteiger partial charge in [-0.05, 0) is 24.5 Å². The van der Waals surface area contributed by atoms with Gasteiger partial charge < -0.3 is 10.6 Å². The van der Waals surface area contributed by atoms with Crippen molar-refractivity contribution in [3.8, 4) is 0 Å². The van der Waals surface area contributed by atoms with Crippen LogP contribution >= 0.6 is 23.4 Å². The first-order valence-electron chi connectivity index (χ1n) is 10.1. The number of fused-ring (bicyclic) bond motifs is 1. The maximum atomic E-state index is 12.4. The maximum absolute atomic E-state index is 12.4. The van der Waals surface area contributed by atoms with Crippen molar-refractivity contribution in [2.75, 3.05) is 24.2 Å². The highest BCUT2D eigenvalue weighted by Gasteiger charge is 2.14. The van der Waals surface area contributed by atoms with Gasteiger partial charge in [0, 0.05) is 18.8 Å². The van der Waals surface area contributed by atoms with Gasteiger partial charge in [-0.25, -0.2) is 14.6 Å². The summed E-state index contributed by atoms with van der Waals surface area (Å²) in [6.07, 6.45) is 2.83. The molecule has 0 atom stereocenters. The van der Waals surface area contributed by atoms with E-state index in [0.717, 1.165) is 40.7 Å². The molecular weight excluding hydrogens is 420 g/mol. The molecule has 3 aromatic rings. The quantitative estimate of drug-likeness (QED) is 0.353. The summed E-state index contributed by atoms with van der Waals surface area (Å²) < 4.78 is 1.81. The van der Waals surface area contributed by atoms with Crippen LogP contribution in [0.3, 0.4) is 0 Å². The van der Waals surface area contributed by atoms with E-state index < -0.39 is 0 Å². The number of aromatic nitrogens is 4. The van der Waals surface area contributed by atoms with Gasteiger partial charge in [0.05, 0.1) is 28.7 Å². The standard InChI is InChI=1S/C21H27ClN6OS/c1-4-11-30-21-26-18(24-12-14(2)3)16-13-25-28(19(16)27-21)10-9-23-20(29)15-7-5-6-8-17(15)22/h5-8,13-14H,4,9-12H2,1-3H3,(H,23,29)(H,24,26,27). The summed E-state index contributed by atoms with van der Waals surface area (Å²) in [5, 5.41) is 12.8. The second kappa shape index (κ2) is 10.6. The number of rotatable bonds is 10. The van der Waals surface area contributed by atoms with Crippen LogP contribution in [-0.4, -0.2) is 44.5 Å². The summed E-state index contributed by atoms with van der Waals surface area (Å²) in [6.45, 7) is 8.18. The van der Waals surface area contributed by atoms with E-state index in [9.17, 15) is 4.79 Å². The molecule has 0 unspecified atom stereocenters. The maximum Gasteiger partial charge on any atom is 0.252 e. The second-order valence-electron chi connectivity index (χ2n) is 7.32. The molecule has 3 rings (SSSR count). The molecule has 160 valence electrons. The highest BCUT2D eigenvalue weighted by atomic mass is 35.5. The van der Waals surface area contributed by atoms with Crippen molar-refractivity contribution >= 4 is 46.1 Å². The fourth-order valence-corrected chi connectivity index (χ4v) is 3.72. The third kappa shape index (κ3) is 5.64. The molecule has 7 nitrogen and oxygen atoms in total. The van der Waals surface area contributed by atoms with Crippen molar-refractivity contribution in [3.05, 3.63) is 41.0 Å². The molecule has 9 heteroatoms. The Hall–Kier alpha value is -2.32. The van der Waals surface area contributed by atoms with Crippen LogP contribution in [0.4, 0.5) is 5.82 Å². The van der Waals surface area contributed by atoms with E-state index in [1.165, 1.54) is 0 Å². The number of carbonyl (C=O) groups is 1. The highest BCUT2D eigenvalue weighted by Crippen LogP contribution is 2.25. The largest absolute Gasteiger partial charge is 0.369 e. The van der Waals surface area contributed by atoms with Gasteiger partial charge in [0.1, 0.15) is 5.82 Å². The van der Waals surface area contributed by atoms with Crippen molar-refractivity contribution in [1.29, 1.82) is 0 Å². The Morgan fingerprint density at radius 2 is 2.07 bits per heavy atom. The van der Waals surface area contributed by atoms with Crippen LogP contribution in [-0.2, 0) is 6.54 Å². The smallest absolute Gasteiger partial charge is 0.252 e. The normalized spacial score (nSPS) is 11.2. The summed E-state index contributed by atoms with van der Waals surface area (Å²) in [7, 11) is 0. The highest BCUT2D eigenvalue weighted by molar-refractivity contribution is 7.99. The molecule has 0 aliphatic carbocycles. The number of nitrogens with one attached hydrogen (secondary N) is 2. The zero-order chi connectivity index (χ0) is 21.5. The summed E-state index contributed by atoms with van der Waals surface area (Å²) in [6, 6.07) is 7.00. The molecule has 1 amide bonds. The summed E-state index contributed by atoms with van der Waals surface area (Å²) in [4.78, 5) is 21.8. The summed E-state index contributed by atoms with van der Waals surface area (Å²) in [5.74, 6) is 2.05. The Bertz CT molecular complexity index is 1010. The van der Waals surface area contributed by atoms with Crippen LogP contribution in [0, 0.1) is 5.92 Å². The Labute approximate surface area is 186 Å². The van der Waals surface area contributed by atoms with E-state index in [2.05, 4.69) is 41.5 Å². The molecule has 1 aromatic carbocycles. The molecule has 0 fully saturated rings. The molecular formula is C21H27ClN6OS. The van der Waals surface area contributed by atoms with Crippen molar-refractivity contribution in [2.45, 2.75) is 38.9 Å². The fourth-order valence-electron chi connectivity index (χ4n) is 2.81. The molecule has 0 saturated carbocycles. The number of anilines is 1. The van der Waals surface area contributed by atoms with Gasteiger partial charge >= 0.3 is 0 Å². The van der Waals surface area contributed by atoms with Gasteiger partial charge in [0.15, 0.2) is 10.8 Å². The van der Waals surface area contributed by atoms with Crippen LogP contribution in [0.1, 0.15) is 37.6 Å². The van der Waals surface area contributed by atoms with Crippen LogP contribution < -0.4 is 10.6 Å². The zero-order valence-electron chi connectivity index (χ0n) is 17.5. The zero-order valence-corrected chi connectivity index (χ0v) is 19.1. The molecule has 0 spiro atoms. The van der Waals surface area contributed by atoms with Crippen molar-refractivity contribution in [3.63, 3.8) is 0 Å². The molecule has 0 saturated heterocycles. The van der Waals surface area contributed by atoms with Gasteiger partial charge in [-0.15, -0.1) is 0 Å². The Morgan fingerprint density at radius 1 is 1.27 bits per heavy atom. The Balaban J connectivity index is 1.75. The molecule has 0 aliphatic heterocycles. The number of thioether (sulfide) groups is 1. The average molecular weight is 447 g/mol. The van der Waals surface area contributed by atoms with Gasteiger partial charge in [-0.2, -0.15) is 5.10 Å². The third-order valence-electron chi connectivity index (χ3n) is 4.32. The molecule has 2 N–H and O–H groups in total. The van der Waals surface area contributed by atoms with E-state index in [4.69, 9.17) is 16.6 Å². The summed E-state index contributed by atoms with van der Waals surface area (Å²) >= 11 is 7.74. The van der Waals surface area contributed by atoms with Crippen LogP contribution in [0.25, 0.3) is 11.0 Å². The predicted molar refractivity (Wildman–Crippen MR) is 123 cm³/mol. The number of halogens is 1. The van der Waals surface area contributed by atoms with Crippen LogP contribution in [0.15, 0.2) is 35.6 Å². The molecule has 0 radical (unpaired) electrons. The van der Waals surface area contributed by atoms with Crippen molar-refractivity contribution in [2.24, 2.45) is 5.92 Å². The minimum absolute atomic E-state index is 0.204. The monoisotopic (exact) mass is 446 g/mol. The SMILES string of the molecule is CCCSc1nc(NCC(C)C)c2cnn(CCNC(=O)c3ccccc3Cl)c2n1. The number of benzene rings is 1. The summed E-state index contributed by atoms with van der Waals surface area (Å²) in [5.41, 5.74) is 1.23. The van der Waals surface area contributed by atoms with Gasteiger partial charge in [-0.3, -0.25) is 4.79 Å². The Kier molecular flexibility index (Phi) is 7.93. The van der Waals surface area contributed by atoms with Crippen molar-refractivity contribution in [1.82, 2.24) is 25.1 Å². The van der Waals surface area contributed by atoms with E-state index in [-0.39, 0.29) is 5.91 Å².